The molecule has 3 rings (SSSR count). The van der Waals surface area contributed by atoms with Gasteiger partial charge in [0.05, 0.1) is 7.11 Å². The first-order chi connectivity index (χ1) is 13.4. The van der Waals surface area contributed by atoms with Gasteiger partial charge in [-0.3, -0.25) is 9.59 Å². The maximum atomic E-state index is 13.1. The highest BCUT2D eigenvalue weighted by atomic mass is 16.5. The summed E-state index contributed by atoms with van der Waals surface area (Å²) >= 11 is 0. The molecule has 1 saturated carbocycles. The van der Waals surface area contributed by atoms with E-state index in [9.17, 15) is 14.4 Å². The van der Waals surface area contributed by atoms with Gasteiger partial charge in [0.1, 0.15) is 17.3 Å². The lowest BCUT2D eigenvalue weighted by Crippen LogP contribution is -2.51. The van der Waals surface area contributed by atoms with E-state index in [0.717, 1.165) is 29.1 Å². The van der Waals surface area contributed by atoms with E-state index in [-0.39, 0.29) is 11.8 Å². The zero-order valence-electron chi connectivity index (χ0n) is 16.4. The number of benzene rings is 1. The molecule has 0 bridgehead atoms. The lowest BCUT2D eigenvalue weighted by molar-refractivity contribution is -0.142. The standard InChI is InChI=1S/C21H27N3O4/c1-4-13-23(14-16-7-9-17(28-3)10-8-16)18(25)15(2)24-19(26)21(22-20(24)27)11-5-6-12-21/h4,7-10,15H,1,5-6,11-14H2,2-3H3,(H,22,27). The van der Waals surface area contributed by atoms with E-state index in [2.05, 4.69) is 11.9 Å². The molecule has 1 unspecified atom stereocenters. The van der Waals surface area contributed by atoms with Crippen molar-refractivity contribution in [3.8, 4) is 5.75 Å². The molecule has 28 heavy (non-hydrogen) atoms. The summed E-state index contributed by atoms with van der Waals surface area (Å²) in [6.45, 7) is 6.01. The second-order valence-electron chi connectivity index (χ2n) is 7.43. The first-order valence-corrected chi connectivity index (χ1v) is 9.60. The van der Waals surface area contributed by atoms with Crippen LogP contribution in [0.2, 0.25) is 0 Å². The van der Waals surface area contributed by atoms with Gasteiger partial charge in [0, 0.05) is 13.1 Å². The van der Waals surface area contributed by atoms with E-state index in [1.807, 2.05) is 24.3 Å². The number of hydrogen-bond acceptors (Lipinski definition) is 4. The van der Waals surface area contributed by atoms with Gasteiger partial charge in [0.25, 0.3) is 5.91 Å². The van der Waals surface area contributed by atoms with Crippen LogP contribution in [0.5, 0.6) is 5.75 Å². The van der Waals surface area contributed by atoms with Crippen LogP contribution in [0.25, 0.3) is 0 Å². The van der Waals surface area contributed by atoms with Crippen molar-refractivity contribution in [1.82, 2.24) is 15.1 Å². The highest BCUT2D eigenvalue weighted by Gasteiger charge is 2.54. The number of rotatable bonds is 7. The van der Waals surface area contributed by atoms with Crippen LogP contribution in [0, 0.1) is 0 Å². The molecule has 4 amide bonds. The van der Waals surface area contributed by atoms with Crippen molar-refractivity contribution in [2.24, 2.45) is 0 Å². The van der Waals surface area contributed by atoms with Crippen LogP contribution in [0.4, 0.5) is 4.79 Å². The number of carbonyl (C=O) groups is 3. The summed E-state index contributed by atoms with van der Waals surface area (Å²) < 4.78 is 5.16. The smallest absolute Gasteiger partial charge is 0.325 e. The number of imide groups is 1. The minimum Gasteiger partial charge on any atom is -0.497 e. The fraction of sp³-hybridized carbons (Fsp3) is 0.476. The largest absolute Gasteiger partial charge is 0.497 e. The van der Waals surface area contributed by atoms with Crippen molar-refractivity contribution in [3.63, 3.8) is 0 Å². The van der Waals surface area contributed by atoms with Crippen molar-refractivity contribution in [2.45, 2.75) is 50.7 Å². The van der Waals surface area contributed by atoms with Crippen LogP contribution in [-0.2, 0) is 16.1 Å². The molecule has 0 radical (unpaired) electrons. The lowest BCUT2D eigenvalue weighted by Gasteiger charge is -2.29. The summed E-state index contributed by atoms with van der Waals surface area (Å²) in [7, 11) is 1.60. The molecular weight excluding hydrogens is 358 g/mol. The quantitative estimate of drug-likeness (QED) is 0.578. The molecule has 0 aromatic heterocycles. The number of urea groups is 1. The molecule has 1 spiro atoms. The molecule has 1 aromatic carbocycles. The Morgan fingerprint density at radius 1 is 1.32 bits per heavy atom. The molecule has 1 heterocycles. The van der Waals surface area contributed by atoms with Crippen molar-refractivity contribution >= 4 is 17.8 Å². The van der Waals surface area contributed by atoms with Gasteiger partial charge in [0.2, 0.25) is 5.91 Å². The average molecular weight is 385 g/mol. The van der Waals surface area contributed by atoms with Gasteiger partial charge in [-0.1, -0.05) is 31.1 Å². The SMILES string of the molecule is C=CCN(Cc1ccc(OC)cc1)C(=O)C(C)N1C(=O)NC2(CCCC2)C1=O. The van der Waals surface area contributed by atoms with Gasteiger partial charge in [-0.05, 0) is 37.5 Å². The topological polar surface area (TPSA) is 79.0 Å². The van der Waals surface area contributed by atoms with Gasteiger partial charge in [-0.2, -0.15) is 0 Å². The summed E-state index contributed by atoms with van der Waals surface area (Å²) in [5, 5.41) is 2.83. The molecule has 1 atom stereocenters. The summed E-state index contributed by atoms with van der Waals surface area (Å²) in [6, 6.07) is 6.08. The molecule has 7 nitrogen and oxygen atoms in total. The monoisotopic (exact) mass is 385 g/mol. The average Bonchev–Trinajstić information content (AvgIpc) is 3.26. The molecule has 1 saturated heterocycles. The van der Waals surface area contributed by atoms with E-state index in [4.69, 9.17) is 4.74 Å². The highest BCUT2D eigenvalue weighted by Crippen LogP contribution is 2.36. The molecule has 1 aliphatic heterocycles. The molecule has 2 aliphatic rings. The number of nitrogens with one attached hydrogen (secondary N) is 1. The van der Waals surface area contributed by atoms with E-state index < -0.39 is 17.6 Å². The number of methoxy groups -OCH3 is 1. The Hall–Kier alpha value is -2.83. The number of amides is 4. The van der Waals surface area contributed by atoms with E-state index >= 15 is 0 Å². The Kier molecular flexibility index (Phi) is 5.72. The van der Waals surface area contributed by atoms with Crippen molar-refractivity contribution in [3.05, 3.63) is 42.5 Å². The number of nitrogens with zero attached hydrogens (tertiary/aromatic N) is 2. The molecule has 2 fully saturated rings. The van der Waals surface area contributed by atoms with Gasteiger partial charge in [0.15, 0.2) is 0 Å². The minimum absolute atomic E-state index is 0.279. The maximum absolute atomic E-state index is 13.1. The Morgan fingerprint density at radius 2 is 1.96 bits per heavy atom. The molecule has 7 heteroatoms. The lowest BCUT2D eigenvalue weighted by atomic mass is 9.97. The Balaban J connectivity index is 1.75. The molecule has 1 aliphatic carbocycles. The Labute approximate surface area is 165 Å². The van der Waals surface area contributed by atoms with Crippen molar-refractivity contribution < 1.29 is 19.1 Å². The van der Waals surface area contributed by atoms with Crippen LogP contribution in [0.3, 0.4) is 0 Å². The van der Waals surface area contributed by atoms with Crippen molar-refractivity contribution in [1.29, 1.82) is 0 Å². The Morgan fingerprint density at radius 3 is 2.54 bits per heavy atom. The van der Waals surface area contributed by atoms with Crippen LogP contribution in [0.15, 0.2) is 36.9 Å². The summed E-state index contributed by atoms with van der Waals surface area (Å²) in [4.78, 5) is 41.2. The summed E-state index contributed by atoms with van der Waals surface area (Å²) in [5.41, 5.74) is 0.109. The zero-order chi connectivity index (χ0) is 20.3. The predicted molar refractivity (Wildman–Crippen MR) is 105 cm³/mol. The van der Waals surface area contributed by atoms with Crippen molar-refractivity contribution in [2.75, 3.05) is 13.7 Å². The van der Waals surface area contributed by atoms with Gasteiger partial charge < -0.3 is 15.0 Å². The van der Waals surface area contributed by atoms with Crippen LogP contribution >= 0.6 is 0 Å². The second kappa shape index (κ2) is 8.04. The first kappa shape index (κ1) is 19.9. The number of ether oxygens (including phenoxy) is 1. The van der Waals surface area contributed by atoms with Crippen LogP contribution in [-0.4, -0.2) is 52.9 Å². The minimum atomic E-state index is -0.870. The second-order valence-corrected chi connectivity index (χ2v) is 7.43. The number of hydrogen-bond donors (Lipinski definition) is 1. The first-order valence-electron chi connectivity index (χ1n) is 9.60. The zero-order valence-corrected chi connectivity index (χ0v) is 16.4. The number of carbonyl (C=O) groups excluding carboxylic acids is 3. The summed E-state index contributed by atoms with van der Waals surface area (Å²) in [6.07, 6.45) is 4.72. The fourth-order valence-corrected chi connectivity index (χ4v) is 4.02. The molecule has 150 valence electrons. The van der Waals surface area contributed by atoms with E-state index in [1.165, 1.54) is 0 Å². The Bertz CT molecular complexity index is 768. The van der Waals surface area contributed by atoms with Gasteiger partial charge in [-0.15, -0.1) is 6.58 Å². The molecule has 1 aromatic rings. The predicted octanol–water partition coefficient (Wildman–Crippen LogP) is 2.46. The van der Waals surface area contributed by atoms with Crippen LogP contribution in [0.1, 0.15) is 38.2 Å². The highest BCUT2D eigenvalue weighted by molar-refractivity contribution is 6.10. The van der Waals surface area contributed by atoms with Gasteiger partial charge >= 0.3 is 6.03 Å². The van der Waals surface area contributed by atoms with Crippen LogP contribution < -0.4 is 10.1 Å². The molecular formula is C21H27N3O4. The molecule has 1 N–H and O–H groups in total. The third kappa shape index (κ3) is 3.61. The normalized spacial score (nSPS) is 18.9. The van der Waals surface area contributed by atoms with Gasteiger partial charge in [-0.25, -0.2) is 9.69 Å². The maximum Gasteiger partial charge on any atom is 0.325 e. The third-order valence-electron chi connectivity index (χ3n) is 5.59. The fourth-order valence-electron chi connectivity index (χ4n) is 4.02. The summed E-state index contributed by atoms with van der Waals surface area (Å²) in [5.74, 6) is 0.174. The third-order valence-corrected chi connectivity index (χ3v) is 5.59. The van der Waals surface area contributed by atoms with E-state index in [0.29, 0.717) is 25.9 Å². The van der Waals surface area contributed by atoms with E-state index in [1.54, 1.807) is 25.0 Å².